The van der Waals surface area contributed by atoms with Crippen LogP contribution in [0.1, 0.15) is 28.4 Å². The quantitative estimate of drug-likeness (QED) is 0.531. The molecule has 134 valence electrons. The molecule has 4 rings (SSSR count). The van der Waals surface area contributed by atoms with E-state index in [1.54, 1.807) is 6.20 Å². The number of phenols is 1. The van der Waals surface area contributed by atoms with Gasteiger partial charge >= 0.3 is 0 Å². The van der Waals surface area contributed by atoms with Gasteiger partial charge in [0.25, 0.3) is 0 Å². The van der Waals surface area contributed by atoms with E-state index in [4.69, 9.17) is 0 Å². The number of nitrogens with one attached hydrogen (secondary N) is 1. The summed E-state index contributed by atoms with van der Waals surface area (Å²) < 4.78 is 0. The van der Waals surface area contributed by atoms with E-state index in [-0.39, 0.29) is 11.8 Å². The Morgan fingerprint density at radius 3 is 2.52 bits per heavy atom. The number of fused-ring (bicyclic) bond motifs is 1. The molecule has 27 heavy (non-hydrogen) atoms. The monoisotopic (exact) mass is 355 g/mol. The smallest absolute Gasteiger partial charge is 0.147 e. The van der Waals surface area contributed by atoms with E-state index >= 15 is 0 Å². The average molecular weight is 355 g/mol. The molecule has 0 bridgehead atoms. The first kappa shape index (κ1) is 17.0. The van der Waals surface area contributed by atoms with Crippen molar-refractivity contribution in [2.75, 3.05) is 5.32 Å². The largest absolute Gasteiger partial charge is 0.505 e. The van der Waals surface area contributed by atoms with Gasteiger partial charge < -0.3 is 10.4 Å². The SMILES string of the molecule is Cc1cc(C)nc(N[C@H](c2ccccc2)c2ccc3cccnc3c2O)c1. The highest BCUT2D eigenvalue weighted by molar-refractivity contribution is 5.86. The van der Waals surface area contributed by atoms with Crippen LogP contribution >= 0.6 is 0 Å². The molecular weight excluding hydrogens is 334 g/mol. The van der Waals surface area contributed by atoms with Crippen molar-refractivity contribution in [2.45, 2.75) is 19.9 Å². The molecule has 4 nitrogen and oxygen atoms in total. The van der Waals surface area contributed by atoms with E-state index in [9.17, 15) is 5.11 Å². The van der Waals surface area contributed by atoms with Crippen LogP contribution in [0.5, 0.6) is 5.75 Å². The maximum atomic E-state index is 10.9. The molecule has 0 saturated heterocycles. The van der Waals surface area contributed by atoms with E-state index in [2.05, 4.69) is 22.2 Å². The molecule has 1 atom stereocenters. The molecule has 0 fully saturated rings. The highest BCUT2D eigenvalue weighted by Gasteiger charge is 2.20. The van der Waals surface area contributed by atoms with Crippen molar-refractivity contribution in [2.24, 2.45) is 0 Å². The highest BCUT2D eigenvalue weighted by atomic mass is 16.3. The van der Waals surface area contributed by atoms with Crippen molar-refractivity contribution >= 4 is 16.7 Å². The number of aryl methyl sites for hydroxylation is 2. The van der Waals surface area contributed by atoms with E-state index in [1.165, 1.54) is 0 Å². The predicted octanol–water partition coefficient (Wildman–Crippen LogP) is 5.15. The normalized spacial score (nSPS) is 12.1. The summed E-state index contributed by atoms with van der Waals surface area (Å²) in [6.07, 6.45) is 1.70. The second-order valence-electron chi connectivity index (χ2n) is 6.74. The Morgan fingerprint density at radius 2 is 1.74 bits per heavy atom. The minimum Gasteiger partial charge on any atom is -0.505 e. The minimum atomic E-state index is -0.244. The minimum absolute atomic E-state index is 0.193. The van der Waals surface area contributed by atoms with Crippen molar-refractivity contribution in [1.82, 2.24) is 9.97 Å². The molecule has 0 saturated carbocycles. The van der Waals surface area contributed by atoms with Gasteiger partial charge in [-0.25, -0.2) is 4.98 Å². The third-order valence-electron chi connectivity index (χ3n) is 4.61. The van der Waals surface area contributed by atoms with Gasteiger partial charge in [-0.3, -0.25) is 4.98 Å². The number of rotatable bonds is 4. The first-order valence-corrected chi connectivity index (χ1v) is 8.95. The van der Waals surface area contributed by atoms with Crippen molar-refractivity contribution in [3.63, 3.8) is 0 Å². The van der Waals surface area contributed by atoms with Crippen LogP contribution in [-0.4, -0.2) is 15.1 Å². The predicted molar refractivity (Wildman–Crippen MR) is 109 cm³/mol. The van der Waals surface area contributed by atoms with Gasteiger partial charge in [0, 0.05) is 22.8 Å². The topological polar surface area (TPSA) is 58.0 Å². The maximum Gasteiger partial charge on any atom is 0.147 e. The Labute approximate surface area is 158 Å². The number of hydrogen-bond donors (Lipinski definition) is 2. The van der Waals surface area contributed by atoms with Gasteiger partial charge in [0.15, 0.2) is 0 Å². The van der Waals surface area contributed by atoms with Gasteiger partial charge in [0.05, 0.1) is 6.04 Å². The summed E-state index contributed by atoms with van der Waals surface area (Å²) >= 11 is 0. The van der Waals surface area contributed by atoms with Crippen molar-refractivity contribution in [1.29, 1.82) is 0 Å². The Morgan fingerprint density at radius 1 is 0.926 bits per heavy atom. The number of phenolic OH excluding ortho intramolecular Hbond substituents is 1. The van der Waals surface area contributed by atoms with Gasteiger partial charge in [-0.1, -0.05) is 48.5 Å². The fourth-order valence-corrected chi connectivity index (χ4v) is 3.43. The molecular formula is C23H21N3O. The highest BCUT2D eigenvalue weighted by Crippen LogP contribution is 2.36. The van der Waals surface area contributed by atoms with Crippen LogP contribution in [-0.2, 0) is 0 Å². The standard InChI is InChI=1S/C23H21N3O/c1-15-13-16(2)25-20(14-15)26-21(17-7-4-3-5-8-17)19-11-10-18-9-6-12-24-22(18)23(19)27/h3-14,21,27H,1-2H3,(H,25,26)/t21-/m1/s1. The number of benzene rings is 2. The summed E-state index contributed by atoms with van der Waals surface area (Å²) in [4.78, 5) is 8.97. The summed E-state index contributed by atoms with van der Waals surface area (Å²) in [6, 6.07) is 21.6. The first-order chi connectivity index (χ1) is 13.1. The number of aromatic hydroxyl groups is 1. The zero-order valence-corrected chi connectivity index (χ0v) is 15.3. The molecule has 0 spiro atoms. The second kappa shape index (κ2) is 7.08. The van der Waals surface area contributed by atoms with Crippen molar-refractivity contribution in [3.8, 4) is 5.75 Å². The van der Waals surface area contributed by atoms with Crippen LogP contribution in [0.15, 0.2) is 72.9 Å². The van der Waals surface area contributed by atoms with Crippen LogP contribution in [0.2, 0.25) is 0 Å². The lowest BCUT2D eigenvalue weighted by atomic mass is 9.96. The third-order valence-corrected chi connectivity index (χ3v) is 4.61. The number of pyridine rings is 2. The molecule has 0 aliphatic rings. The Bertz CT molecular complexity index is 1070. The Hall–Kier alpha value is -3.40. The van der Waals surface area contributed by atoms with Crippen LogP contribution in [0.4, 0.5) is 5.82 Å². The molecule has 0 radical (unpaired) electrons. The van der Waals surface area contributed by atoms with E-state index in [1.807, 2.05) is 73.7 Å². The van der Waals surface area contributed by atoms with Gasteiger partial charge in [-0.15, -0.1) is 0 Å². The van der Waals surface area contributed by atoms with Gasteiger partial charge in [-0.05, 0) is 43.2 Å². The van der Waals surface area contributed by atoms with E-state index < -0.39 is 0 Å². The molecule has 2 N–H and O–H groups in total. The maximum absolute atomic E-state index is 10.9. The van der Waals surface area contributed by atoms with E-state index in [0.717, 1.165) is 33.6 Å². The van der Waals surface area contributed by atoms with E-state index in [0.29, 0.717) is 5.52 Å². The molecule has 4 aromatic rings. The lowest BCUT2D eigenvalue weighted by molar-refractivity contribution is 0.471. The lowest BCUT2D eigenvalue weighted by Crippen LogP contribution is -2.14. The number of hydrogen-bond acceptors (Lipinski definition) is 4. The fourth-order valence-electron chi connectivity index (χ4n) is 3.43. The van der Waals surface area contributed by atoms with Crippen LogP contribution < -0.4 is 5.32 Å². The Kier molecular flexibility index (Phi) is 4.47. The summed E-state index contributed by atoms with van der Waals surface area (Å²) in [6.45, 7) is 4.03. The zero-order valence-electron chi connectivity index (χ0n) is 15.3. The Balaban J connectivity index is 1.85. The van der Waals surface area contributed by atoms with Crippen molar-refractivity contribution < 1.29 is 5.11 Å². The summed E-state index contributed by atoms with van der Waals surface area (Å²) in [5.74, 6) is 0.973. The molecule has 0 unspecified atom stereocenters. The second-order valence-corrected chi connectivity index (χ2v) is 6.74. The van der Waals surface area contributed by atoms with Crippen LogP contribution in [0, 0.1) is 13.8 Å². The zero-order chi connectivity index (χ0) is 18.8. The van der Waals surface area contributed by atoms with Gasteiger partial charge in [0.2, 0.25) is 0 Å². The summed E-state index contributed by atoms with van der Waals surface area (Å²) in [5, 5.41) is 15.4. The van der Waals surface area contributed by atoms with Crippen molar-refractivity contribution in [3.05, 3.63) is 95.3 Å². The molecule has 2 heterocycles. The summed E-state index contributed by atoms with van der Waals surface area (Å²) in [7, 11) is 0. The third kappa shape index (κ3) is 3.47. The molecule has 4 heteroatoms. The molecule has 2 aromatic heterocycles. The van der Waals surface area contributed by atoms with Crippen LogP contribution in [0.3, 0.4) is 0 Å². The number of nitrogens with zero attached hydrogens (tertiary/aromatic N) is 2. The molecule has 0 aliphatic carbocycles. The average Bonchev–Trinajstić information content (AvgIpc) is 2.67. The summed E-state index contributed by atoms with van der Waals surface area (Å²) in [5.41, 5.74) is 4.51. The molecule has 2 aromatic carbocycles. The fraction of sp³-hybridized carbons (Fsp3) is 0.130. The molecule has 0 amide bonds. The van der Waals surface area contributed by atoms with Crippen LogP contribution in [0.25, 0.3) is 10.9 Å². The number of aromatic nitrogens is 2. The lowest BCUT2D eigenvalue weighted by Gasteiger charge is -2.22. The number of anilines is 1. The van der Waals surface area contributed by atoms with Gasteiger partial charge in [0.1, 0.15) is 17.1 Å². The molecule has 0 aliphatic heterocycles. The first-order valence-electron chi connectivity index (χ1n) is 8.95. The van der Waals surface area contributed by atoms with Gasteiger partial charge in [-0.2, -0.15) is 0 Å².